The van der Waals surface area contributed by atoms with E-state index < -0.39 is 10.0 Å². The number of benzene rings is 1. The molecule has 0 aromatic heterocycles. The van der Waals surface area contributed by atoms with Crippen molar-refractivity contribution in [1.29, 1.82) is 0 Å². The number of nitrogens with zero attached hydrogens (tertiary/aromatic N) is 1. The van der Waals surface area contributed by atoms with Crippen LogP contribution in [0.5, 0.6) is 0 Å². The number of nitrogens with two attached hydrogens (primary N) is 1. The first-order valence-electron chi connectivity index (χ1n) is 5.09. The van der Waals surface area contributed by atoms with Crippen molar-refractivity contribution in [1.82, 2.24) is 4.31 Å². The summed E-state index contributed by atoms with van der Waals surface area (Å²) in [7, 11) is -3.53. The van der Waals surface area contributed by atoms with E-state index in [1.54, 1.807) is 19.9 Å². The molecule has 1 rings (SSSR count). The van der Waals surface area contributed by atoms with E-state index in [9.17, 15) is 8.42 Å². The molecule has 0 heterocycles. The van der Waals surface area contributed by atoms with Gasteiger partial charge in [-0.05, 0) is 28.1 Å². The number of halogens is 2. The van der Waals surface area contributed by atoms with Gasteiger partial charge in [-0.25, -0.2) is 8.42 Å². The highest BCUT2D eigenvalue weighted by Crippen LogP contribution is 2.32. The molecule has 96 valence electrons. The second-order valence-electron chi connectivity index (χ2n) is 3.39. The molecule has 0 radical (unpaired) electrons. The van der Waals surface area contributed by atoms with Gasteiger partial charge in [0.2, 0.25) is 10.0 Å². The highest BCUT2D eigenvalue weighted by Gasteiger charge is 2.25. The van der Waals surface area contributed by atoms with Crippen LogP contribution in [0, 0.1) is 0 Å². The summed E-state index contributed by atoms with van der Waals surface area (Å²) in [4.78, 5) is 0.127. The third-order valence-corrected chi connectivity index (χ3v) is 5.58. The first-order valence-corrected chi connectivity index (χ1v) is 8.11. The molecule has 4 nitrogen and oxygen atoms in total. The van der Waals surface area contributed by atoms with Crippen LogP contribution < -0.4 is 5.73 Å². The predicted molar refractivity (Wildman–Crippen MR) is 76.4 cm³/mol. The lowest BCUT2D eigenvalue weighted by atomic mass is 10.3. The van der Waals surface area contributed by atoms with Gasteiger partial charge in [-0.2, -0.15) is 4.31 Å². The Morgan fingerprint density at radius 2 is 1.76 bits per heavy atom. The molecule has 0 fully saturated rings. The summed E-state index contributed by atoms with van der Waals surface area (Å²) in [6.07, 6.45) is 0. The maximum atomic E-state index is 12.3. The van der Waals surface area contributed by atoms with Crippen LogP contribution in [0.15, 0.2) is 26.0 Å². The van der Waals surface area contributed by atoms with Crippen LogP contribution in [-0.4, -0.2) is 25.8 Å². The van der Waals surface area contributed by atoms with E-state index in [1.165, 1.54) is 10.4 Å². The van der Waals surface area contributed by atoms with E-state index in [2.05, 4.69) is 31.9 Å². The highest BCUT2D eigenvalue weighted by molar-refractivity contribution is 9.11. The molecule has 7 heteroatoms. The molecule has 0 aliphatic heterocycles. The van der Waals surface area contributed by atoms with Crippen LogP contribution in [0.4, 0.5) is 5.69 Å². The van der Waals surface area contributed by atoms with Gasteiger partial charge < -0.3 is 5.73 Å². The van der Waals surface area contributed by atoms with Crippen LogP contribution in [0.3, 0.4) is 0 Å². The van der Waals surface area contributed by atoms with Crippen LogP contribution in [0.25, 0.3) is 0 Å². The molecule has 0 unspecified atom stereocenters. The zero-order valence-corrected chi connectivity index (χ0v) is 13.6. The summed E-state index contributed by atoms with van der Waals surface area (Å²) in [5.41, 5.74) is 6.05. The van der Waals surface area contributed by atoms with Crippen LogP contribution >= 0.6 is 31.9 Å². The van der Waals surface area contributed by atoms with Gasteiger partial charge in [0.15, 0.2) is 0 Å². The highest BCUT2D eigenvalue weighted by atomic mass is 79.9. The average molecular weight is 386 g/mol. The molecule has 0 atom stereocenters. The van der Waals surface area contributed by atoms with Gasteiger partial charge >= 0.3 is 0 Å². The zero-order valence-electron chi connectivity index (χ0n) is 9.57. The fraction of sp³-hybridized carbons (Fsp3) is 0.400. The van der Waals surface area contributed by atoms with Crippen molar-refractivity contribution in [3.63, 3.8) is 0 Å². The van der Waals surface area contributed by atoms with E-state index in [4.69, 9.17) is 5.73 Å². The third kappa shape index (κ3) is 3.01. The van der Waals surface area contributed by atoms with Gasteiger partial charge in [-0.3, -0.25) is 0 Å². The van der Waals surface area contributed by atoms with Crippen molar-refractivity contribution in [3.8, 4) is 0 Å². The number of nitrogen functional groups attached to an aromatic ring is 1. The third-order valence-electron chi connectivity index (χ3n) is 2.38. The lowest BCUT2D eigenvalue weighted by Gasteiger charge is -2.20. The summed E-state index contributed by atoms with van der Waals surface area (Å²) in [6.45, 7) is 4.43. The summed E-state index contributed by atoms with van der Waals surface area (Å²) in [6, 6.07) is 3.24. The van der Waals surface area contributed by atoms with Crippen LogP contribution in [-0.2, 0) is 10.0 Å². The fourth-order valence-corrected chi connectivity index (χ4v) is 4.61. The minimum Gasteiger partial charge on any atom is -0.397 e. The number of hydrogen-bond acceptors (Lipinski definition) is 3. The Bertz CT molecular complexity index is 513. The van der Waals surface area contributed by atoms with Crippen LogP contribution in [0.1, 0.15) is 13.8 Å². The van der Waals surface area contributed by atoms with E-state index >= 15 is 0 Å². The van der Waals surface area contributed by atoms with Crippen molar-refractivity contribution in [2.45, 2.75) is 18.7 Å². The number of sulfonamides is 1. The normalized spacial score (nSPS) is 12.1. The Kier molecular flexibility index (Phi) is 5.00. The fourth-order valence-electron chi connectivity index (χ4n) is 1.48. The van der Waals surface area contributed by atoms with E-state index in [-0.39, 0.29) is 10.6 Å². The van der Waals surface area contributed by atoms with Crippen molar-refractivity contribution in [2.24, 2.45) is 0 Å². The molecule has 1 aromatic carbocycles. The SMILES string of the molecule is CCN(CC)S(=O)(=O)c1cc(Br)cc(Br)c1N. The van der Waals surface area contributed by atoms with Crippen molar-refractivity contribution in [3.05, 3.63) is 21.1 Å². The minimum absolute atomic E-state index is 0.127. The molecule has 0 aliphatic carbocycles. The predicted octanol–water partition coefficient (Wildman–Crippen LogP) is 2.82. The summed E-state index contributed by atoms with van der Waals surface area (Å²) < 4.78 is 27.3. The number of rotatable bonds is 4. The monoisotopic (exact) mass is 384 g/mol. The topological polar surface area (TPSA) is 63.4 Å². The standard InChI is InChI=1S/C10H14Br2N2O2S/c1-3-14(4-2)17(15,16)9-6-7(11)5-8(12)10(9)13/h5-6H,3-4,13H2,1-2H3. The summed E-state index contributed by atoms with van der Waals surface area (Å²) in [5.74, 6) is 0. The number of hydrogen-bond donors (Lipinski definition) is 1. The Labute approximate surface area is 118 Å². The van der Waals surface area contributed by atoms with Gasteiger partial charge in [0.05, 0.1) is 5.69 Å². The Hall–Kier alpha value is -0.110. The van der Waals surface area contributed by atoms with Crippen LogP contribution in [0.2, 0.25) is 0 Å². The molecule has 0 amide bonds. The molecule has 0 saturated carbocycles. The second-order valence-corrected chi connectivity index (χ2v) is 7.07. The quantitative estimate of drug-likeness (QED) is 0.810. The maximum absolute atomic E-state index is 12.3. The second kappa shape index (κ2) is 5.69. The average Bonchev–Trinajstić information content (AvgIpc) is 2.24. The molecular weight excluding hydrogens is 372 g/mol. The Balaban J connectivity index is 3.43. The largest absolute Gasteiger partial charge is 0.397 e. The first kappa shape index (κ1) is 14.9. The van der Waals surface area contributed by atoms with Crippen molar-refractivity contribution in [2.75, 3.05) is 18.8 Å². The maximum Gasteiger partial charge on any atom is 0.245 e. The first-order chi connectivity index (χ1) is 7.84. The lowest BCUT2D eigenvalue weighted by molar-refractivity contribution is 0.445. The summed E-state index contributed by atoms with van der Waals surface area (Å²) >= 11 is 6.51. The number of anilines is 1. The minimum atomic E-state index is -3.53. The Morgan fingerprint density at radius 3 is 2.24 bits per heavy atom. The van der Waals surface area contributed by atoms with Gasteiger partial charge in [0, 0.05) is 22.0 Å². The smallest absolute Gasteiger partial charge is 0.245 e. The van der Waals surface area contributed by atoms with Gasteiger partial charge in [0.1, 0.15) is 4.90 Å². The van der Waals surface area contributed by atoms with E-state index in [0.717, 1.165) is 0 Å². The molecule has 0 saturated heterocycles. The van der Waals surface area contributed by atoms with Gasteiger partial charge in [-0.15, -0.1) is 0 Å². The van der Waals surface area contributed by atoms with Gasteiger partial charge in [-0.1, -0.05) is 29.8 Å². The van der Waals surface area contributed by atoms with Crippen molar-refractivity contribution < 1.29 is 8.42 Å². The molecule has 0 spiro atoms. The zero-order chi connectivity index (χ0) is 13.2. The molecule has 0 bridgehead atoms. The molecule has 17 heavy (non-hydrogen) atoms. The Morgan fingerprint density at radius 1 is 1.24 bits per heavy atom. The lowest BCUT2D eigenvalue weighted by Crippen LogP contribution is -2.31. The molecule has 2 N–H and O–H groups in total. The summed E-state index contributed by atoms with van der Waals surface area (Å²) in [5, 5.41) is 0. The van der Waals surface area contributed by atoms with E-state index in [0.29, 0.717) is 22.0 Å². The van der Waals surface area contributed by atoms with Gasteiger partial charge in [0.25, 0.3) is 0 Å². The molecular formula is C10H14Br2N2O2S. The van der Waals surface area contributed by atoms with E-state index in [1.807, 2.05) is 0 Å². The van der Waals surface area contributed by atoms with Crippen molar-refractivity contribution >= 4 is 47.6 Å². The molecule has 0 aliphatic rings. The molecule has 1 aromatic rings.